The molecule has 0 aliphatic heterocycles. The number of ether oxygens (including phenoxy) is 2. The molecule has 6 nitrogen and oxygen atoms in total. The minimum atomic E-state index is -0.344. The lowest BCUT2D eigenvalue weighted by Crippen LogP contribution is -2.14. The second-order valence-electron chi connectivity index (χ2n) is 11.4. The molecule has 4 rings (SSSR count). The van der Waals surface area contributed by atoms with Gasteiger partial charge in [-0.2, -0.15) is 0 Å². The smallest absolute Gasteiger partial charge is 0.306 e. The first-order valence-electron chi connectivity index (χ1n) is 16.2. The Morgan fingerprint density at radius 2 is 0.674 bits per heavy atom. The Bertz CT molecular complexity index is 1410. The van der Waals surface area contributed by atoms with Gasteiger partial charge in [0.15, 0.2) is 24.8 Å². The minimum absolute atomic E-state index is 0.209. The van der Waals surface area contributed by atoms with Crippen LogP contribution in [0.25, 0.3) is 22.3 Å². The summed E-state index contributed by atoms with van der Waals surface area (Å²) in [5, 5.41) is 0. The first kappa shape index (κ1) is 34.0. The number of ketones is 2. The Kier molecular flexibility index (Phi) is 13.9. The van der Waals surface area contributed by atoms with Gasteiger partial charge in [0.2, 0.25) is 0 Å². The standard InChI is InChI=1S/C40H42O6/c41-37(35-25-21-33(22-26-35)31-15-9-7-10-16-31)29-45-39(43)19-13-5-3-1-2-4-6-14-20-40(44)46-30-38(42)36-27-23-34(24-28-36)32-17-11-8-12-18-32/h7-12,15-18,21-28H,1-6,13-14,19-20,29-30H2. The first-order chi connectivity index (χ1) is 22.5. The van der Waals surface area contributed by atoms with Crippen molar-refractivity contribution in [3.05, 3.63) is 120 Å². The van der Waals surface area contributed by atoms with Gasteiger partial charge in [-0.1, -0.05) is 148 Å². The lowest BCUT2D eigenvalue weighted by Gasteiger charge is -2.07. The van der Waals surface area contributed by atoms with Crippen LogP contribution in [0.5, 0.6) is 0 Å². The predicted octanol–water partition coefficient (Wildman–Crippen LogP) is 9.07. The van der Waals surface area contributed by atoms with E-state index in [4.69, 9.17) is 9.47 Å². The van der Waals surface area contributed by atoms with E-state index in [2.05, 4.69) is 0 Å². The molecule has 0 amide bonds. The van der Waals surface area contributed by atoms with Crippen molar-refractivity contribution >= 4 is 23.5 Å². The number of carbonyl (C=O) groups excluding carboxylic acids is 4. The maximum Gasteiger partial charge on any atom is 0.306 e. The predicted molar refractivity (Wildman–Crippen MR) is 181 cm³/mol. The van der Waals surface area contributed by atoms with Gasteiger partial charge >= 0.3 is 11.9 Å². The van der Waals surface area contributed by atoms with E-state index in [0.29, 0.717) is 24.0 Å². The van der Waals surface area contributed by atoms with Gasteiger partial charge in [-0.05, 0) is 35.1 Å². The lowest BCUT2D eigenvalue weighted by atomic mass is 10.0. The fourth-order valence-corrected chi connectivity index (χ4v) is 5.16. The molecule has 238 valence electrons. The van der Waals surface area contributed by atoms with Crippen LogP contribution in [-0.4, -0.2) is 36.7 Å². The van der Waals surface area contributed by atoms with Gasteiger partial charge < -0.3 is 9.47 Å². The fourth-order valence-electron chi connectivity index (χ4n) is 5.16. The highest BCUT2D eigenvalue weighted by atomic mass is 16.5. The molecule has 0 bridgehead atoms. The largest absolute Gasteiger partial charge is 0.457 e. The normalized spacial score (nSPS) is 10.7. The number of unbranched alkanes of at least 4 members (excludes halogenated alkanes) is 7. The maximum atomic E-state index is 12.4. The topological polar surface area (TPSA) is 86.7 Å². The molecule has 0 aliphatic carbocycles. The molecule has 46 heavy (non-hydrogen) atoms. The zero-order chi connectivity index (χ0) is 32.4. The van der Waals surface area contributed by atoms with Gasteiger partial charge in [0, 0.05) is 24.0 Å². The van der Waals surface area contributed by atoms with Gasteiger partial charge in [0.1, 0.15) is 0 Å². The van der Waals surface area contributed by atoms with Gasteiger partial charge in [-0.15, -0.1) is 0 Å². The number of Topliss-reactive ketones (excluding diaryl/α,β-unsaturated/α-hetero) is 2. The minimum Gasteiger partial charge on any atom is -0.457 e. The summed E-state index contributed by atoms with van der Waals surface area (Å²) in [4.78, 5) is 48.9. The summed E-state index contributed by atoms with van der Waals surface area (Å²) in [5.41, 5.74) is 5.28. The van der Waals surface area contributed by atoms with Gasteiger partial charge in [-0.25, -0.2) is 0 Å². The van der Waals surface area contributed by atoms with Crippen molar-refractivity contribution in [1.29, 1.82) is 0 Å². The van der Waals surface area contributed by atoms with Crippen LogP contribution in [0.4, 0.5) is 0 Å². The quantitative estimate of drug-likeness (QED) is 0.0592. The monoisotopic (exact) mass is 618 g/mol. The van der Waals surface area contributed by atoms with E-state index in [9.17, 15) is 19.2 Å². The summed E-state index contributed by atoms with van der Waals surface area (Å²) >= 11 is 0. The number of carbonyl (C=O) groups is 4. The van der Waals surface area contributed by atoms with Crippen molar-refractivity contribution < 1.29 is 28.7 Å². The molecule has 6 heteroatoms. The molecule has 0 saturated heterocycles. The van der Waals surface area contributed by atoms with Crippen molar-refractivity contribution in [2.24, 2.45) is 0 Å². The van der Waals surface area contributed by atoms with Crippen LogP contribution in [0, 0.1) is 0 Å². The molecule has 4 aromatic rings. The summed E-state index contributed by atoms with van der Waals surface area (Å²) in [6, 6.07) is 34.5. The van der Waals surface area contributed by atoms with E-state index in [-0.39, 0.29) is 36.7 Å². The molecule has 0 aromatic heterocycles. The molecule has 0 fully saturated rings. The molecule has 0 N–H and O–H groups in total. The molecule has 0 spiro atoms. The summed E-state index contributed by atoms with van der Waals surface area (Å²) in [7, 11) is 0. The summed E-state index contributed by atoms with van der Waals surface area (Å²) in [5.74, 6) is -1.10. The SMILES string of the molecule is O=C(CCCCCCCCCCC(=O)OCC(=O)c1ccc(-c2ccccc2)cc1)OCC(=O)c1ccc(-c2ccccc2)cc1. The van der Waals surface area contributed by atoms with Crippen LogP contribution >= 0.6 is 0 Å². The van der Waals surface area contributed by atoms with Crippen molar-refractivity contribution in [3.63, 3.8) is 0 Å². The van der Waals surface area contributed by atoms with Crippen LogP contribution in [0.2, 0.25) is 0 Å². The summed E-state index contributed by atoms with van der Waals surface area (Å²) in [6.07, 6.45) is 8.13. The van der Waals surface area contributed by atoms with E-state index in [1.54, 1.807) is 24.3 Å². The Balaban J connectivity index is 0.964. The van der Waals surface area contributed by atoms with E-state index in [0.717, 1.165) is 73.6 Å². The van der Waals surface area contributed by atoms with Crippen LogP contribution in [0.3, 0.4) is 0 Å². The van der Waals surface area contributed by atoms with Crippen LogP contribution in [0.1, 0.15) is 84.9 Å². The van der Waals surface area contributed by atoms with Gasteiger partial charge in [-0.3, -0.25) is 19.2 Å². The van der Waals surface area contributed by atoms with Crippen molar-refractivity contribution in [3.8, 4) is 22.3 Å². The summed E-state index contributed by atoms with van der Waals surface area (Å²) < 4.78 is 10.4. The van der Waals surface area contributed by atoms with Crippen LogP contribution in [-0.2, 0) is 19.1 Å². The number of esters is 2. The lowest BCUT2D eigenvalue weighted by molar-refractivity contribution is -0.143. The highest BCUT2D eigenvalue weighted by molar-refractivity contribution is 5.99. The highest BCUT2D eigenvalue weighted by Crippen LogP contribution is 2.21. The fraction of sp³-hybridized carbons (Fsp3) is 0.300. The number of benzene rings is 4. The highest BCUT2D eigenvalue weighted by Gasteiger charge is 2.12. The second-order valence-corrected chi connectivity index (χ2v) is 11.4. The third kappa shape index (κ3) is 11.6. The molecule has 0 aliphatic rings. The van der Waals surface area contributed by atoms with Gasteiger partial charge in [0.05, 0.1) is 0 Å². The third-order valence-corrected chi connectivity index (χ3v) is 7.87. The molecule has 0 radical (unpaired) electrons. The Morgan fingerprint density at radius 3 is 1.02 bits per heavy atom. The van der Waals surface area contributed by atoms with Crippen molar-refractivity contribution in [2.75, 3.05) is 13.2 Å². The van der Waals surface area contributed by atoms with Crippen molar-refractivity contribution in [2.45, 2.75) is 64.2 Å². The maximum absolute atomic E-state index is 12.4. The van der Waals surface area contributed by atoms with E-state index >= 15 is 0 Å². The number of rotatable bonds is 19. The zero-order valence-electron chi connectivity index (χ0n) is 26.3. The van der Waals surface area contributed by atoms with E-state index in [1.807, 2.05) is 84.9 Å². The van der Waals surface area contributed by atoms with E-state index < -0.39 is 0 Å². The van der Waals surface area contributed by atoms with Gasteiger partial charge in [0.25, 0.3) is 0 Å². The molecule has 0 unspecified atom stereocenters. The molecular formula is C40H42O6. The Labute approximate surface area is 271 Å². The molecule has 4 aromatic carbocycles. The zero-order valence-corrected chi connectivity index (χ0v) is 26.3. The summed E-state index contributed by atoms with van der Waals surface area (Å²) in [6.45, 7) is -0.479. The Morgan fingerprint density at radius 1 is 0.370 bits per heavy atom. The third-order valence-electron chi connectivity index (χ3n) is 7.87. The van der Waals surface area contributed by atoms with E-state index in [1.165, 1.54) is 0 Å². The number of hydrogen-bond donors (Lipinski definition) is 0. The number of hydrogen-bond acceptors (Lipinski definition) is 6. The Hall–Kier alpha value is -4.84. The molecule has 0 saturated carbocycles. The average molecular weight is 619 g/mol. The van der Waals surface area contributed by atoms with Crippen molar-refractivity contribution in [1.82, 2.24) is 0 Å². The second kappa shape index (κ2) is 18.8. The molecule has 0 heterocycles. The van der Waals surface area contributed by atoms with Crippen LogP contribution < -0.4 is 0 Å². The van der Waals surface area contributed by atoms with Crippen LogP contribution in [0.15, 0.2) is 109 Å². The molecule has 0 atom stereocenters. The molecular weight excluding hydrogens is 576 g/mol. The average Bonchev–Trinajstić information content (AvgIpc) is 3.11. The first-order valence-corrected chi connectivity index (χ1v) is 16.2.